The van der Waals surface area contributed by atoms with E-state index >= 15 is 0 Å². The second-order valence-electron chi connectivity index (χ2n) is 3.56. The van der Waals surface area contributed by atoms with Gasteiger partial charge in [-0.1, -0.05) is 0 Å². The Balaban J connectivity index is 2.60. The molecule has 0 heterocycles. The van der Waals surface area contributed by atoms with Gasteiger partial charge in [-0.2, -0.15) is 0 Å². The van der Waals surface area contributed by atoms with Gasteiger partial charge in [-0.05, 0) is 24.3 Å². The Morgan fingerprint density at radius 2 is 1.78 bits per heavy atom. The van der Waals surface area contributed by atoms with Crippen molar-refractivity contribution in [2.75, 3.05) is 18.1 Å². The highest BCUT2D eigenvalue weighted by Gasteiger charge is 2.07. The topological polar surface area (TPSA) is 118 Å². The van der Waals surface area contributed by atoms with Crippen LogP contribution in [0.5, 0.6) is 0 Å². The molecule has 0 aliphatic carbocycles. The number of hydrogen-bond acceptors (Lipinski definition) is 5. The van der Waals surface area contributed by atoms with Crippen LogP contribution in [0.2, 0.25) is 0 Å². The van der Waals surface area contributed by atoms with Gasteiger partial charge >= 0.3 is 6.03 Å². The molecule has 1 aromatic rings. The monoisotopic (exact) mass is 271 g/mol. The number of urea groups is 1. The second-order valence-corrected chi connectivity index (χ2v) is 5.58. The van der Waals surface area contributed by atoms with E-state index in [1.54, 1.807) is 0 Å². The van der Waals surface area contributed by atoms with E-state index in [0.29, 0.717) is 5.69 Å². The molecule has 8 heteroatoms. The van der Waals surface area contributed by atoms with Gasteiger partial charge in [-0.3, -0.25) is 10.1 Å². The molecular weight excluding hydrogens is 258 g/mol. The highest BCUT2D eigenvalue weighted by molar-refractivity contribution is 7.90. The van der Waals surface area contributed by atoms with Crippen LogP contribution in [0.4, 0.5) is 10.5 Å². The van der Waals surface area contributed by atoms with Crippen molar-refractivity contribution in [2.24, 2.45) is 5.73 Å². The quantitative estimate of drug-likeness (QED) is 0.694. The van der Waals surface area contributed by atoms with Crippen molar-refractivity contribution in [2.45, 2.75) is 4.90 Å². The third-order valence-corrected chi connectivity index (χ3v) is 3.13. The molecule has 0 radical (unpaired) electrons. The Morgan fingerprint density at radius 3 is 2.22 bits per heavy atom. The molecule has 1 aromatic carbocycles. The van der Waals surface area contributed by atoms with Gasteiger partial charge in [-0.25, -0.2) is 13.2 Å². The number of nitrogens with one attached hydrogen (secondary N) is 2. The number of anilines is 1. The number of carbonyl (C=O) groups is 2. The number of imide groups is 1. The van der Waals surface area contributed by atoms with E-state index in [0.717, 1.165) is 6.26 Å². The minimum atomic E-state index is -3.24. The molecular formula is C10H13N3O4S. The van der Waals surface area contributed by atoms with Gasteiger partial charge in [0.05, 0.1) is 11.4 Å². The summed E-state index contributed by atoms with van der Waals surface area (Å²) in [7, 11) is -3.24. The van der Waals surface area contributed by atoms with Crippen molar-refractivity contribution in [1.82, 2.24) is 5.32 Å². The van der Waals surface area contributed by atoms with Crippen molar-refractivity contribution >= 4 is 27.5 Å². The lowest BCUT2D eigenvalue weighted by Gasteiger charge is -2.06. The third kappa shape index (κ3) is 4.42. The fourth-order valence-corrected chi connectivity index (χ4v) is 1.81. The van der Waals surface area contributed by atoms with Gasteiger partial charge in [0.25, 0.3) is 0 Å². The highest BCUT2D eigenvalue weighted by atomic mass is 32.2. The highest BCUT2D eigenvalue weighted by Crippen LogP contribution is 2.13. The van der Waals surface area contributed by atoms with Crippen LogP contribution in [0, 0.1) is 0 Å². The zero-order valence-corrected chi connectivity index (χ0v) is 10.5. The van der Waals surface area contributed by atoms with Gasteiger partial charge in [0.1, 0.15) is 0 Å². The molecule has 0 fully saturated rings. The van der Waals surface area contributed by atoms with Crippen molar-refractivity contribution in [3.8, 4) is 0 Å². The lowest BCUT2D eigenvalue weighted by molar-refractivity contribution is -0.118. The van der Waals surface area contributed by atoms with Gasteiger partial charge in [-0.15, -0.1) is 0 Å². The summed E-state index contributed by atoms with van der Waals surface area (Å²) in [5, 5.41) is 4.60. The first-order valence-electron chi connectivity index (χ1n) is 4.92. The standard InChI is InChI=1S/C10H13N3O4S/c1-18(16,17)8-4-2-7(3-5-8)12-6-9(14)13-10(11)15/h2-5,12H,6H2,1H3,(H3,11,13,14,15). The summed E-state index contributed by atoms with van der Waals surface area (Å²) >= 11 is 0. The summed E-state index contributed by atoms with van der Waals surface area (Å²) in [5.41, 5.74) is 5.32. The number of amides is 3. The number of benzene rings is 1. The van der Waals surface area contributed by atoms with E-state index in [4.69, 9.17) is 5.73 Å². The van der Waals surface area contributed by atoms with Crippen molar-refractivity contribution in [3.63, 3.8) is 0 Å². The first kappa shape index (κ1) is 14.0. The van der Waals surface area contributed by atoms with Crippen LogP contribution in [-0.2, 0) is 14.6 Å². The number of nitrogens with two attached hydrogens (primary N) is 1. The average Bonchev–Trinajstić information content (AvgIpc) is 2.25. The number of primary amides is 1. The zero-order valence-electron chi connectivity index (χ0n) is 9.64. The first-order chi connectivity index (χ1) is 8.29. The van der Waals surface area contributed by atoms with Crippen LogP contribution in [0.3, 0.4) is 0 Å². The summed E-state index contributed by atoms with van der Waals surface area (Å²) < 4.78 is 22.4. The molecule has 7 nitrogen and oxygen atoms in total. The molecule has 4 N–H and O–H groups in total. The minimum Gasteiger partial charge on any atom is -0.376 e. The molecule has 0 saturated carbocycles. The molecule has 18 heavy (non-hydrogen) atoms. The Morgan fingerprint density at radius 1 is 1.22 bits per heavy atom. The van der Waals surface area contributed by atoms with Crippen molar-refractivity contribution in [1.29, 1.82) is 0 Å². The van der Waals surface area contributed by atoms with Gasteiger partial charge in [0, 0.05) is 11.9 Å². The fraction of sp³-hybridized carbons (Fsp3) is 0.200. The molecule has 0 saturated heterocycles. The second kappa shape index (κ2) is 5.50. The van der Waals surface area contributed by atoms with Crippen LogP contribution in [0.1, 0.15) is 0 Å². The predicted molar refractivity (Wildman–Crippen MR) is 65.8 cm³/mol. The molecule has 0 bridgehead atoms. The number of hydrogen-bond donors (Lipinski definition) is 3. The Bertz CT molecular complexity index is 551. The van der Waals surface area contributed by atoms with Gasteiger partial charge < -0.3 is 11.1 Å². The molecule has 98 valence electrons. The average molecular weight is 271 g/mol. The van der Waals surface area contributed by atoms with E-state index in [1.165, 1.54) is 24.3 Å². The molecule has 3 amide bonds. The van der Waals surface area contributed by atoms with Crippen LogP contribution in [-0.4, -0.2) is 33.2 Å². The van der Waals surface area contributed by atoms with Crippen molar-refractivity contribution in [3.05, 3.63) is 24.3 Å². The number of sulfone groups is 1. The summed E-state index contributed by atoms with van der Waals surface area (Å²) in [5.74, 6) is -0.574. The number of rotatable bonds is 4. The Labute approximate surface area is 104 Å². The first-order valence-corrected chi connectivity index (χ1v) is 6.81. The van der Waals surface area contributed by atoms with Crippen LogP contribution in [0.25, 0.3) is 0 Å². The summed E-state index contributed by atoms with van der Waals surface area (Å²) in [4.78, 5) is 21.6. The molecule has 1 rings (SSSR count). The van der Waals surface area contributed by atoms with E-state index in [-0.39, 0.29) is 11.4 Å². The minimum absolute atomic E-state index is 0.138. The maximum absolute atomic E-state index is 11.2. The van der Waals surface area contributed by atoms with E-state index in [9.17, 15) is 18.0 Å². The maximum Gasteiger partial charge on any atom is 0.318 e. The number of carbonyl (C=O) groups excluding carboxylic acids is 2. The van der Waals surface area contributed by atoms with E-state index < -0.39 is 21.8 Å². The van der Waals surface area contributed by atoms with Crippen LogP contribution >= 0.6 is 0 Å². The molecule has 0 aliphatic rings. The van der Waals surface area contributed by atoms with Crippen LogP contribution in [0.15, 0.2) is 29.2 Å². The van der Waals surface area contributed by atoms with E-state index in [2.05, 4.69) is 5.32 Å². The SMILES string of the molecule is CS(=O)(=O)c1ccc(NCC(=O)NC(N)=O)cc1. The normalized spacial score (nSPS) is 10.7. The van der Waals surface area contributed by atoms with Crippen LogP contribution < -0.4 is 16.4 Å². The Kier molecular flexibility index (Phi) is 4.27. The summed E-state index contributed by atoms with van der Waals surface area (Å²) in [6.07, 6.45) is 1.11. The summed E-state index contributed by atoms with van der Waals surface area (Å²) in [6.45, 7) is -0.138. The lowest BCUT2D eigenvalue weighted by atomic mass is 10.3. The lowest BCUT2D eigenvalue weighted by Crippen LogP contribution is -2.38. The van der Waals surface area contributed by atoms with Gasteiger partial charge in [0.15, 0.2) is 9.84 Å². The smallest absolute Gasteiger partial charge is 0.318 e. The fourth-order valence-electron chi connectivity index (χ4n) is 1.18. The Hall–Kier alpha value is -2.09. The molecule has 0 spiro atoms. The largest absolute Gasteiger partial charge is 0.376 e. The zero-order chi connectivity index (χ0) is 13.8. The summed E-state index contributed by atoms with van der Waals surface area (Å²) in [6, 6.07) is 4.96. The van der Waals surface area contributed by atoms with Gasteiger partial charge in [0.2, 0.25) is 5.91 Å². The molecule has 0 unspecified atom stereocenters. The third-order valence-electron chi connectivity index (χ3n) is 2.00. The predicted octanol–water partition coefficient (Wildman–Crippen LogP) is -0.303. The van der Waals surface area contributed by atoms with E-state index in [1.807, 2.05) is 5.32 Å². The van der Waals surface area contributed by atoms with Crippen molar-refractivity contribution < 1.29 is 18.0 Å². The molecule has 0 aliphatic heterocycles. The maximum atomic E-state index is 11.2. The molecule has 0 atom stereocenters. The molecule has 0 aromatic heterocycles.